The first-order valence-electron chi connectivity index (χ1n) is 13.2. The molecule has 3 aromatic carbocycles. The van der Waals surface area contributed by atoms with Crippen LogP contribution < -0.4 is 0 Å². The Bertz CT molecular complexity index is 1510. The van der Waals surface area contributed by atoms with Crippen LogP contribution in [0.25, 0.3) is 10.9 Å². The van der Waals surface area contributed by atoms with Crippen LogP contribution in [-0.4, -0.2) is 51.2 Å². The largest absolute Gasteiger partial charge is 0.361 e. The molecule has 2 amide bonds. The van der Waals surface area contributed by atoms with Gasteiger partial charge in [0.2, 0.25) is 5.91 Å². The number of nitrogens with one attached hydrogen (secondary N) is 1. The van der Waals surface area contributed by atoms with Crippen molar-refractivity contribution in [2.75, 3.05) is 19.6 Å². The lowest BCUT2D eigenvalue weighted by Gasteiger charge is -2.29. The first kappa shape index (κ1) is 28.5. The van der Waals surface area contributed by atoms with Crippen molar-refractivity contribution in [1.82, 2.24) is 14.8 Å². The van der Waals surface area contributed by atoms with Crippen molar-refractivity contribution < 1.29 is 18.9 Å². The maximum Gasteiger partial charge on any atom is 0.273 e. The molecule has 1 heterocycles. The van der Waals surface area contributed by atoms with Gasteiger partial charge in [-0.05, 0) is 54.7 Å². The van der Waals surface area contributed by atoms with Crippen LogP contribution in [0.3, 0.4) is 0 Å². The molecule has 0 saturated carbocycles. The number of halogens is 1. The molecule has 0 aliphatic carbocycles. The average Bonchev–Trinajstić information content (AvgIpc) is 3.34. The molecule has 0 radical (unpaired) electrons. The molecule has 0 spiro atoms. The quantitative estimate of drug-likeness (QED) is 0.188. The van der Waals surface area contributed by atoms with Gasteiger partial charge in [0.05, 0.1) is 4.92 Å². The maximum absolute atomic E-state index is 13.7. The number of rotatable bonds is 11. The summed E-state index contributed by atoms with van der Waals surface area (Å²) in [6, 6.07) is 18.3. The van der Waals surface area contributed by atoms with Crippen molar-refractivity contribution in [3.63, 3.8) is 0 Å². The van der Waals surface area contributed by atoms with E-state index in [1.165, 1.54) is 23.1 Å². The highest BCUT2D eigenvalue weighted by atomic mass is 19.1. The Morgan fingerprint density at radius 2 is 1.75 bits per heavy atom. The molecular weight excluding hydrogens is 511 g/mol. The van der Waals surface area contributed by atoms with Gasteiger partial charge in [0.15, 0.2) is 0 Å². The molecule has 4 rings (SSSR count). The second-order valence-corrected chi connectivity index (χ2v) is 10.4. The van der Waals surface area contributed by atoms with Crippen LogP contribution in [0.2, 0.25) is 0 Å². The highest BCUT2D eigenvalue weighted by Crippen LogP contribution is 2.22. The number of benzene rings is 3. The van der Waals surface area contributed by atoms with E-state index in [-0.39, 0.29) is 42.0 Å². The van der Waals surface area contributed by atoms with Crippen LogP contribution in [0.4, 0.5) is 10.1 Å². The van der Waals surface area contributed by atoms with E-state index in [9.17, 15) is 24.1 Å². The molecular formula is C31H33FN4O4. The van der Waals surface area contributed by atoms with Crippen LogP contribution in [-0.2, 0) is 17.8 Å². The molecule has 1 N–H and O–H groups in total. The van der Waals surface area contributed by atoms with Gasteiger partial charge in [0.1, 0.15) is 12.4 Å². The summed E-state index contributed by atoms with van der Waals surface area (Å²) in [6.45, 7) is 6.25. The fourth-order valence-electron chi connectivity index (χ4n) is 4.74. The molecule has 9 heteroatoms. The molecule has 0 unspecified atom stereocenters. The molecule has 208 valence electrons. The van der Waals surface area contributed by atoms with E-state index >= 15 is 0 Å². The number of nitro groups is 1. The summed E-state index contributed by atoms with van der Waals surface area (Å²) in [6.07, 6.45) is 2.52. The number of carbonyl (C=O) groups is 2. The molecule has 1 aromatic heterocycles. The summed E-state index contributed by atoms with van der Waals surface area (Å²) < 4.78 is 13.5. The van der Waals surface area contributed by atoms with Gasteiger partial charge in [-0.25, -0.2) is 4.39 Å². The van der Waals surface area contributed by atoms with Crippen LogP contribution in [0.5, 0.6) is 0 Å². The summed E-state index contributed by atoms with van der Waals surface area (Å²) in [7, 11) is 0. The molecule has 40 heavy (non-hydrogen) atoms. The molecule has 4 aromatic rings. The Labute approximate surface area is 232 Å². The summed E-state index contributed by atoms with van der Waals surface area (Å²) >= 11 is 0. The van der Waals surface area contributed by atoms with Gasteiger partial charge in [0, 0.05) is 53.9 Å². The molecule has 0 bridgehead atoms. The van der Waals surface area contributed by atoms with Crippen LogP contribution in [0.15, 0.2) is 72.9 Å². The normalized spacial score (nSPS) is 11.1. The number of H-pyrrole nitrogens is 1. The monoisotopic (exact) mass is 544 g/mol. The third-order valence-corrected chi connectivity index (χ3v) is 6.82. The summed E-state index contributed by atoms with van der Waals surface area (Å²) in [5.41, 5.74) is 3.32. The van der Waals surface area contributed by atoms with Gasteiger partial charge in [-0.15, -0.1) is 0 Å². The Morgan fingerprint density at radius 3 is 2.45 bits per heavy atom. The van der Waals surface area contributed by atoms with Gasteiger partial charge in [-0.1, -0.05) is 50.2 Å². The van der Waals surface area contributed by atoms with Gasteiger partial charge in [-0.3, -0.25) is 19.7 Å². The smallest absolute Gasteiger partial charge is 0.273 e. The molecule has 8 nitrogen and oxygen atoms in total. The number of hydrogen-bond acceptors (Lipinski definition) is 4. The topological polar surface area (TPSA) is 99.6 Å². The lowest BCUT2D eigenvalue weighted by atomic mass is 10.1. The van der Waals surface area contributed by atoms with E-state index in [0.29, 0.717) is 25.1 Å². The van der Waals surface area contributed by atoms with Crippen molar-refractivity contribution in [2.45, 2.75) is 33.7 Å². The SMILES string of the molecule is Cc1ccc(C(=O)N(CC(=O)N(CCc2c[nH]c3ccccc23)Cc2ccc(F)cc2)CC(C)C)cc1[N+](=O)[O-]. The Morgan fingerprint density at radius 1 is 1.02 bits per heavy atom. The number of nitro benzene ring substituents is 1. The fraction of sp³-hybridized carbons (Fsp3) is 0.290. The van der Waals surface area contributed by atoms with E-state index < -0.39 is 10.8 Å². The summed E-state index contributed by atoms with van der Waals surface area (Å²) in [5, 5.41) is 12.5. The van der Waals surface area contributed by atoms with Crippen LogP contribution in [0.1, 0.15) is 40.9 Å². The van der Waals surface area contributed by atoms with E-state index in [1.807, 2.05) is 44.3 Å². The minimum Gasteiger partial charge on any atom is -0.361 e. The lowest BCUT2D eigenvalue weighted by molar-refractivity contribution is -0.385. The highest BCUT2D eigenvalue weighted by Gasteiger charge is 2.25. The Kier molecular flexibility index (Phi) is 8.93. The van der Waals surface area contributed by atoms with Crippen molar-refractivity contribution in [2.24, 2.45) is 5.92 Å². The van der Waals surface area contributed by atoms with E-state index in [0.717, 1.165) is 22.0 Å². The zero-order valence-corrected chi connectivity index (χ0v) is 22.9. The first-order valence-corrected chi connectivity index (χ1v) is 13.2. The number of aromatic nitrogens is 1. The number of fused-ring (bicyclic) bond motifs is 1. The number of aromatic amines is 1. The Balaban J connectivity index is 1.58. The average molecular weight is 545 g/mol. The Hall–Kier alpha value is -4.53. The molecule has 0 aliphatic rings. The zero-order valence-electron chi connectivity index (χ0n) is 22.9. The molecule has 0 aliphatic heterocycles. The van der Waals surface area contributed by atoms with Gasteiger partial charge >= 0.3 is 0 Å². The number of nitrogens with zero attached hydrogens (tertiary/aromatic N) is 3. The standard InChI is InChI=1S/C31H33FN4O4/c1-21(2)18-35(31(38)24-11-8-22(3)29(16-24)36(39)40)20-30(37)34(19-23-9-12-26(32)13-10-23)15-14-25-17-33-28-7-5-4-6-27(25)28/h4-13,16-17,21,33H,14-15,18-20H2,1-3H3. The van der Waals surface area contributed by atoms with Crippen molar-refractivity contribution in [3.8, 4) is 0 Å². The van der Waals surface area contributed by atoms with Crippen molar-refractivity contribution in [3.05, 3.63) is 111 Å². The lowest BCUT2D eigenvalue weighted by Crippen LogP contribution is -2.44. The van der Waals surface area contributed by atoms with E-state index in [4.69, 9.17) is 0 Å². The van der Waals surface area contributed by atoms with E-state index in [2.05, 4.69) is 4.98 Å². The minimum absolute atomic E-state index is 0.0638. The molecule has 0 atom stereocenters. The minimum atomic E-state index is -0.515. The summed E-state index contributed by atoms with van der Waals surface area (Å²) in [5.74, 6) is -1.00. The van der Waals surface area contributed by atoms with Crippen molar-refractivity contribution in [1.29, 1.82) is 0 Å². The first-order chi connectivity index (χ1) is 19.1. The predicted molar refractivity (Wildman–Crippen MR) is 152 cm³/mol. The number of para-hydroxylation sites is 1. The van der Waals surface area contributed by atoms with Crippen LogP contribution in [0, 0.1) is 28.8 Å². The summed E-state index contributed by atoms with van der Waals surface area (Å²) in [4.78, 5) is 44.5. The van der Waals surface area contributed by atoms with Crippen molar-refractivity contribution >= 4 is 28.4 Å². The van der Waals surface area contributed by atoms with Gasteiger partial charge < -0.3 is 14.8 Å². The third-order valence-electron chi connectivity index (χ3n) is 6.82. The van der Waals surface area contributed by atoms with E-state index in [1.54, 1.807) is 36.1 Å². The highest BCUT2D eigenvalue weighted by molar-refractivity contribution is 5.97. The maximum atomic E-state index is 13.7. The predicted octanol–water partition coefficient (Wildman–Crippen LogP) is 5.89. The second kappa shape index (κ2) is 12.5. The zero-order chi connectivity index (χ0) is 28.8. The number of carbonyl (C=O) groups excluding carboxylic acids is 2. The number of amides is 2. The second-order valence-electron chi connectivity index (χ2n) is 10.4. The van der Waals surface area contributed by atoms with Gasteiger partial charge in [0.25, 0.3) is 11.6 Å². The van der Waals surface area contributed by atoms with Gasteiger partial charge in [-0.2, -0.15) is 0 Å². The molecule has 0 fully saturated rings. The molecule has 0 saturated heterocycles. The number of aryl methyl sites for hydroxylation is 1. The number of hydrogen-bond donors (Lipinski definition) is 1. The third kappa shape index (κ3) is 6.91. The fourth-order valence-corrected chi connectivity index (χ4v) is 4.74. The van der Waals surface area contributed by atoms with Crippen LogP contribution >= 0.6 is 0 Å².